The summed E-state index contributed by atoms with van der Waals surface area (Å²) < 4.78 is 57.7. The molecule has 1 aromatic heterocycles. The van der Waals surface area contributed by atoms with Crippen LogP contribution in [0.4, 0.5) is 0 Å². The van der Waals surface area contributed by atoms with E-state index in [4.69, 9.17) is 18.1 Å². The Morgan fingerprint density at radius 3 is 1.02 bits per heavy atom. The molecular weight excluding hydrogens is 799 g/mol. The second-order valence-corrected chi connectivity index (χ2v) is 19.4. The molecule has 0 saturated heterocycles. The van der Waals surface area contributed by atoms with Crippen molar-refractivity contribution in [1.82, 2.24) is 15.4 Å². The average molecular weight is 840 g/mol. The fraction of sp³-hybridized carbons (Fsp3) is 0.125. The zero-order valence-electron chi connectivity index (χ0n) is 33.0. The number of hydrogen-bond acceptors (Lipinski definition) is 8. The molecule has 0 aliphatic heterocycles. The summed E-state index contributed by atoms with van der Waals surface area (Å²) >= 11 is 0. The zero-order valence-corrected chi connectivity index (χ0v) is 36.8. The molecule has 9 nitrogen and oxygen atoms in total. The van der Waals surface area contributed by atoms with Crippen LogP contribution in [0.15, 0.2) is 176 Å². The van der Waals surface area contributed by atoms with Crippen molar-refractivity contribution in [3.8, 4) is 0 Å². The van der Waals surface area contributed by atoms with Gasteiger partial charge in [0.25, 0.3) is 0 Å². The molecule has 9 rings (SSSR count). The summed E-state index contributed by atoms with van der Waals surface area (Å²) in [6, 6.07) is 55.5. The van der Waals surface area contributed by atoms with Crippen LogP contribution >= 0.6 is 15.2 Å². The molecule has 0 bridgehead atoms. The second-order valence-electron chi connectivity index (χ2n) is 14.5. The monoisotopic (exact) mass is 839 g/mol. The summed E-state index contributed by atoms with van der Waals surface area (Å²) in [7, 11) is -8.95. The Labute approximate surface area is 370 Å². The van der Waals surface area contributed by atoms with Crippen molar-refractivity contribution in [2.24, 2.45) is 0 Å². The molecule has 8 aromatic carbocycles. The topological polar surface area (TPSA) is 111 Å². The molecule has 294 valence electrons. The van der Waals surface area contributed by atoms with Crippen molar-refractivity contribution < 1.29 is 56.8 Å². The van der Waals surface area contributed by atoms with Crippen LogP contribution < -0.4 is 34.7 Å². The van der Waals surface area contributed by atoms with Gasteiger partial charge in [-0.3, -0.25) is 14.3 Å². The fourth-order valence-corrected chi connectivity index (χ4v) is 12.4. The number of rotatable bonds is 16. The van der Waals surface area contributed by atoms with Crippen LogP contribution in [0, 0.1) is 0 Å². The molecule has 0 unspecified atom stereocenters. The molecule has 0 atom stereocenters. The molecule has 0 spiro atoms. The van der Waals surface area contributed by atoms with Crippen LogP contribution in [-0.2, 0) is 60.1 Å². The maximum atomic E-state index is 15.9. The molecule has 0 aliphatic carbocycles. The number of aromatic nitrogens is 3. The van der Waals surface area contributed by atoms with Gasteiger partial charge in [0, 0.05) is 0 Å². The number of fused-ring (bicyclic) bond motifs is 4. The Hall–Kier alpha value is -4.76. The Balaban J connectivity index is 0.00000499. The third kappa shape index (κ3) is 9.72. The van der Waals surface area contributed by atoms with E-state index in [2.05, 4.69) is 15.4 Å². The largest absolute Gasteiger partial charge is 1.00 e. The smallest absolute Gasteiger partial charge is 0.358 e. The molecule has 12 heteroatoms. The maximum absolute atomic E-state index is 15.9. The molecule has 0 radical (unpaired) electrons. The molecule has 9 aromatic rings. The second kappa shape index (κ2) is 18.9. The van der Waals surface area contributed by atoms with E-state index in [1.807, 2.05) is 170 Å². The fourth-order valence-electron chi connectivity index (χ4n) is 7.27. The first kappa shape index (κ1) is 42.0. The van der Waals surface area contributed by atoms with E-state index >= 15 is 9.13 Å². The van der Waals surface area contributed by atoms with Crippen molar-refractivity contribution in [2.75, 3.05) is 0 Å². The summed E-state index contributed by atoms with van der Waals surface area (Å²) in [5.41, 5.74) is 3.38. The number of hydrogen-bond donors (Lipinski definition) is 0. The van der Waals surface area contributed by atoms with Crippen LogP contribution in [0.5, 0.6) is 0 Å². The Morgan fingerprint density at radius 1 is 0.433 bits per heavy atom. The molecule has 0 saturated carbocycles. The zero-order chi connectivity index (χ0) is 40.1. The minimum Gasteiger partial charge on any atom is -0.358 e. The van der Waals surface area contributed by atoms with Gasteiger partial charge in [0.05, 0.1) is 26.4 Å². The summed E-state index contributed by atoms with van der Waals surface area (Å²) in [5, 5.41) is 18.6. The standard InChI is InChI=1S/C48H40N3O6P2.Na/c52-58(54-31-35-17-21-39-9-1-5-13-43(39)25-35,55-32-36-18-22-40-10-2-6-14-44(40)26-36)48(29-47-30-49-51-50-47)59(53,56-33-37-19-23-41-11-3-7-15-45(41)27-37)57-34-38-20-24-42-12-4-8-16-46(42)28-38;/h1-28,30,48H,29,31-34H2;/q-1;+1. The average Bonchev–Trinajstić information content (AvgIpc) is 3.81. The molecule has 0 aliphatic rings. The van der Waals surface area contributed by atoms with E-state index in [1.165, 1.54) is 6.20 Å². The van der Waals surface area contributed by atoms with Gasteiger partial charge in [-0.05, 0) is 102 Å². The van der Waals surface area contributed by atoms with Crippen molar-refractivity contribution in [3.05, 3.63) is 204 Å². The van der Waals surface area contributed by atoms with E-state index < -0.39 is 20.6 Å². The predicted octanol–water partition coefficient (Wildman–Crippen LogP) is 9.17. The van der Waals surface area contributed by atoms with Gasteiger partial charge in [0.1, 0.15) is 0 Å². The van der Waals surface area contributed by atoms with Crippen molar-refractivity contribution >= 4 is 58.3 Å². The first-order valence-corrected chi connectivity index (χ1v) is 22.6. The van der Waals surface area contributed by atoms with Crippen LogP contribution in [-0.4, -0.2) is 15.7 Å². The quantitative estimate of drug-likeness (QED) is 0.0695. The van der Waals surface area contributed by atoms with Gasteiger partial charge in [0.15, 0.2) is 5.40 Å². The normalized spacial score (nSPS) is 12.1. The van der Waals surface area contributed by atoms with Gasteiger partial charge in [0.2, 0.25) is 0 Å². The van der Waals surface area contributed by atoms with Gasteiger partial charge in [-0.1, -0.05) is 152 Å². The van der Waals surface area contributed by atoms with Crippen molar-refractivity contribution in [3.63, 3.8) is 0 Å². The Bertz CT molecular complexity index is 2640. The van der Waals surface area contributed by atoms with Crippen LogP contribution in [0.1, 0.15) is 27.9 Å². The van der Waals surface area contributed by atoms with Crippen molar-refractivity contribution in [2.45, 2.75) is 38.2 Å². The summed E-state index contributed by atoms with van der Waals surface area (Å²) in [5.74, 6) is 0. The van der Waals surface area contributed by atoms with Crippen LogP contribution in [0.2, 0.25) is 0 Å². The minimum absolute atomic E-state index is 0. The molecule has 0 N–H and O–H groups in total. The SMILES string of the molecule is O=P(OCc1ccc2ccccc2c1)(OCc1ccc2ccccc2c1)C(Cc1c[n-]nn1)P(=O)(OCc1ccc2ccccc2c1)OCc1ccc2ccccc2c1.[Na+]. The summed E-state index contributed by atoms with van der Waals surface area (Å²) in [6.07, 6.45) is 1.27. The van der Waals surface area contributed by atoms with E-state index in [-0.39, 0.29) is 62.4 Å². The van der Waals surface area contributed by atoms with Gasteiger partial charge < -0.3 is 28.3 Å². The Morgan fingerprint density at radius 2 is 0.733 bits per heavy atom. The summed E-state index contributed by atoms with van der Waals surface area (Å²) in [4.78, 5) is 0. The van der Waals surface area contributed by atoms with Gasteiger partial charge in [-0.2, -0.15) is 0 Å². The first-order valence-electron chi connectivity index (χ1n) is 19.4. The van der Waals surface area contributed by atoms with Gasteiger partial charge in [-0.15, -0.1) is 0 Å². The number of benzene rings is 8. The maximum Gasteiger partial charge on any atom is 1.00 e. The Kier molecular flexibility index (Phi) is 13.2. The molecule has 0 amide bonds. The molecular formula is C48H40N3NaO6P2. The minimum atomic E-state index is -4.47. The van der Waals surface area contributed by atoms with Gasteiger partial charge >= 0.3 is 44.7 Å². The van der Waals surface area contributed by atoms with E-state index in [0.717, 1.165) is 65.3 Å². The van der Waals surface area contributed by atoms with Gasteiger partial charge in [-0.25, -0.2) is 0 Å². The summed E-state index contributed by atoms with van der Waals surface area (Å²) in [6.45, 7) is -0.402. The predicted molar refractivity (Wildman–Crippen MR) is 233 cm³/mol. The van der Waals surface area contributed by atoms with Crippen LogP contribution in [0.3, 0.4) is 0 Å². The van der Waals surface area contributed by atoms with Crippen molar-refractivity contribution in [1.29, 1.82) is 0 Å². The van der Waals surface area contributed by atoms with E-state index in [0.29, 0.717) is 5.69 Å². The third-order valence-corrected chi connectivity index (χ3v) is 15.9. The van der Waals surface area contributed by atoms with E-state index in [1.54, 1.807) is 0 Å². The molecule has 1 heterocycles. The van der Waals surface area contributed by atoms with Crippen LogP contribution in [0.25, 0.3) is 43.1 Å². The molecule has 0 fully saturated rings. The first-order chi connectivity index (χ1) is 28.9. The third-order valence-electron chi connectivity index (χ3n) is 10.5. The van der Waals surface area contributed by atoms with E-state index in [9.17, 15) is 0 Å². The molecule has 60 heavy (non-hydrogen) atoms. The number of nitrogens with zero attached hydrogens (tertiary/aromatic N) is 3.